The molecule has 106 valence electrons. The minimum absolute atomic E-state index is 0.0462. The third kappa shape index (κ3) is 2.17. The number of nitrogens with two attached hydrogens (primary N) is 1. The van der Waals surface area contributed by atoms with Crippen LogP contribution in [0.25, 0.3) is 0 Å². The van der Waals surface area contributed by atoms with Crippen molar-refractivity contribution < 1.29 is 13.2 Å². The van der Waals surface area contributed by atoms with Crippen molar-refractivity contribution in [3.63, 3.8) is 0 Å². The van der Waals surface area contributed by atoms with E-state index in [4.69, 9.17) is 5.73 Å². The molecule has 0 saturated carbocycles. The highest BCUT2D eigenvalue weighted by atomic mass is 19.4. The van der Waals surface area contributed by atoms with E-state index in [0.29, 0.717) is 0 Å². The van der Waals surface area contributed by atoms with E-state index in [-0.39, 0.29) is 18.3 Å². The van der Waals surface area contributed by atoms with Crippen LogP contribution in [0.4, 0.5) is 25.1 Å². The Labute approximate surface area is 112 Å². The molecule has 0 spiro atoms. The fourth-order valence-electron chi connectivity index (χ4n) is 2.37. The molecule has 1 aromatic carbocycles. The Bertz CT molecular complexity index is 607. The number of hydrogen-bond donors (Lipinski definition) is 2. The summed E-state index contributed by atoms with van der Waals surface area (Å²) >= 11 is 0. The van der Waals surface area contributed by atoms with Crippen LogP contribution in [0, 0.1) is 0 Å². The normalized spacial score (nSPS) is 22.1. The molecule has 1 aliphatic rings. The van der Waals surface area contributed by atoms with Gasteiger partial charge in [0.15, 0.2) is 6.04 Å². The van der Waals surface area contributed by atoms with E-state index in [1.807, 2.05) is 6.07 Å². The van der Waals surface area contributed by atoms with Gasteiger partial charge in [-0.25, -0.2) is 4.68 Å². The van der Waals surface area contributed by atoms with Crippen molar-refractivity contribution in [2.75, 3.05) is 11.1 Å². The Morgan fingerprint density at radius 1 is 1.25 bits per heavy atom. The van der Waals surface area contributed by atoms with Gasteiger partial charge in [-0.05, 0) is 5.56 Å². The number of fused-ring (bicyclic) bond motifs is 1. The monoisotopic (exact) mass is 283 g/mol. The number of benzene rings is 1. The van der Waals surface area contributed by atoms with Crippen LogP contribution in [0.1, 0.15) is 24.1 Å². The molecule has 0 bridgehead atoms. The fourth-order valence-corrected chi connectivity index (χ4v) is 2.37. The number of anilines is 2. The number of nitrogens with zero attached hydrogens (tertiary/aromatic N) is 3. The SMILES string of the molecule is Nc1nc2n(n1)[C@H](C(F)(F)F)C[C@H](c1ccccc1)N2. The third-order valence-electron chi connectivity index (χ3n) is 3.28. The summed E-state index contributed by atoms with van der Waals surface area (Å²) in [6, 6.07) is 6.74. The van der Waals surface area contributed by atoms with Crippen molar-refractivity contribution in [1.82, 2.24) is 14.8 Å². The van der Waals surface area contributed by atoms with Crippen LogP contribution in [-0.2, 0) is 0 Å². The summed E-state index contributed by atoms with van der Waals surface area (Å²) in [5.41, 5.74) is 6.17. The van der Waals surface area contributed by atoms with Crippen LogP contribution in [0.15, 0.2) is 30.3 Å². The maximum absolute atomic E-state index is 13.2. The summed E-state index contributed by atoms with van der Waals surface area (Å²) in [4.78, 5) is 3.81. The van der Waals surface area contributed by atoms with Gasteiger partial charge in [0, 0.05) is 6.42 Å². The van der Waals surface area contributed by atoms with E-state index in [1.165, 1.54) is 0 Å². The van der Waals surface area contributed by atoms with E-state index >= 15 is 0 Å². The molecular weight excluding hydrogens is 271 g/mol. The zero-order valence-electron chi connectivity index (χ0n) is 10.3. The lowest BCUT2D eigenvalue weighted by Crippen LogP contribution is -2.35. The molecule has 0 fully saturated rings. The van der Waals surface area contributed by atoms with Gasteiger partial charge < -0.3 is 11.1 Å². The lowest BCUT2D eigenvalue weighted by Gasteiger charge is -2.32. The quantitative estimate of drug-likeness (QED) is 0.843. The smallest absolute Gasteiger partial charge is 0.366 e. The molecule has 0 amide bonds. The fraction of sp³-hybridized carbons (Fsp3) is 0.333. The number of nitrogen functional groups attached to an aromatic ring is 1. The largest absolute Gasteiger partial charge is 0.411 e. The van der Waals surface area contributed by atoms with Crippen molar-refractivity contribution >= 4 is 11.9 Å². The first-order valence-corrected chi connectivity index (χ1v) is 6.05. The Balaban J connectivity index is 2.00. The molecule has 5 nitrogen and oxygen atoms in total. The van der Waals surface area contributed by atoms with Gasteiger partial charge in [-0.2, -0.15) is 18.2 Å². The predicted molar refractivity (Wildman–Crippen MR) is 66.9 cm³/mol. The van der Waals surface area contributed by atoms with Crippen LogP contribution in [0.2, 0.25) is 0 Å². The van der Waals surface area contributed by atoms with Crippen LogP contribution in [0.5, 0.6) is 0 Å². The zero-order chi connectivity index (χ0) is 14.3. The maximum atomic E-state index is 13.2. The second-order valence-electron chi connectivity index (χ2n) is 4.64. The van der Waals surface area contributed by atoms with Gasteiger partial charge in [0.25, 0.3) is 0 Å². The number of nitrogens with one attached hydrogen (secondary N) is 1. The van der Waals surface area contributed by atoms with Crippen LogP contribution >= 0.6 is 0 Å². The molecule has 1 aliphatic heterocycles. The first-order chi connectivity index (χ1) is 9.45. The van der Waals surface area contributed by atoms with Crippen molar-refractivity contribution in [2.45, 2.75) is 24.7 Å². The number of hydrogen-bond acceptors (Lipinski definition) is 4. The standard InChI is InChI=1S/C12H12F3N5/c13-12(14,15)9-6-8(7-4-2-1-3-5-7)17-11-18-10(16)19-20(9)11/h1-5,8-9H,6H2,(H3,16,17,18,19)/t8-,9+/m1/s1. The van der Waals surface area contributed by atoms with Gasteiger partial charge in [0.2, 0.25) is 11.9 Å². The average Bonchev–Trinajstić information content (AvgIpc) is 2.77. The molecule has 2 aromatic rings. The van der Waals surface area contributed by atoms with Gasteiger partial charge in [-0.1, -0.05) is 30.3 Å². The predicted octanol–water partition coefficient (Wildman–Crippen LogP) is 2.52. The van der Waals surface area contributed by atoms with Crippen molar-refractivity contribution in [2.24, 2.45) is 0 Å². The molecule has 0 unspecified atom stereocenters. The molecule has 2 atom stereocenters. The van der Waals surface area contributed by atoms with Gasteiger partial charge in [0.1, 0.15) is 0 Å². The van der Waals surface area contributed by atoms with Gasteiger partial charge in [0.05, 0.1) is 6.04 Å². The van der Waals surface area contributed by atoms with Crippen molar-refractivity contribution in [3.8, 4) is 0 Å². The summed E-state index contributed by atoms with van der Waals surface area (Å²) in [5, 5.41) is 6.57. The Morgan fingerprint density at radius 3 is 2.60 bits per heavy atom. The van der Waals surface area contributed by atoms with E-state index < -0.39 is 18.3 Å². The molecule has 8 heteroatoms. The molecule has 3 N–H and O–H groups in total. The third-order valence-corrected chi connectivity index (χ3v) is 3.28. The molecule has 1 aromatic heterocycles. The van der Waals surface area contributed by atoms with Gasteiger partial charge in [-0.15, -0.1) is 5.10 Å². The summed E-state index contributed by atoms with van der Waals surface area (Å²) in [5.74, 6) is -0.125. The maximum Gasteiger partial charge on any atom is 0.411 e. The first-order valence-electron chi connectivity index (χ1n) is 6.05. The second kappa shape index (κ2) is 4.39. The number of aromatic nitrogens is 3. The average molecular weight is 283 g/mol. The minimum Gasteiger partial charge on any atom is -0.366 e. The molecule has 0 saturated heterocycles. The van der Waals surface area contributed by atoms with Crippen LogP contribution in [-0.4, -0.2) is 20.9 Å². The Kier molecular flexibility index (Phi) is 2.81. The zero-order valence-corrected chi connectivity index (χ0v) is 10.3. The molecule has 3 rings (SSSR count). The Hall–Kier alpha value is -2.25. The van der Waals surface area contributed by atoms with E-state index in [0.717, 1.165) is 10.2 Å². The Morgan fingerprint density at radius 2 is 1.95 bits per heavy atom. The summed E-state index contributed by atoms with van der Waals surface area (Å²) in [7, 11) is 0. The summed E-state index contributed by atoms with van der Waals surface area (Å²) in [6.07, 6.45) is -4.55. The lowest BCUT2D eigenvalue weighted by molar-refractivity contribution is -0.173. The highest BCUT2D eigenvalue weighted by molar-refractivity contribution is 5.39. The molecular formula is C12H12F3N5. The van der Waals surface area contributed by atoms with Gasteiger partial charge in [-0.3, -0.25) is 0 Å². The highest BCUT2D eigenvalue weighted by Gasteiger charge is 2.47. The number of alkyl halides is 3. The lowest BCUT2D eigenvalue weighted by atomic mass is 9.97. The summed E-state index contributed by atoms with van der Waals surface area (Å²) in [6.45, 7) is 0. The van der Waals surface area contributed by atoms with E-state index in [9.17, 15) is 13.2 Å². The minimum atomic E-state index is -4.40. The van der Waals surface area contributed by atoms with Crippen LogP contribution in [0.3, 0.4) is 0 Å². The molecule has 0 radical (unpaired) electrons. The number of halogens is 3. The molecule has 2 heterocycles. The summed E-state index contributed by atoms with van der Waals surface area (Å²) < 4.78 is 40.3. The van der Waals surface area contributed by atoms with E-state index in [2.05, 4.69) is 15.4 Å². The second-order valence-corrected chi connectivity index (χ2v) is 4.64. The first kappa shape index (κ1) is 12.8. The molecule has 20 heavy (non-hydrogen) atoms. The van der Waals surface area contributed by atoms with E-state index in [1.54, 1.807) is 24.3 Å². The molecule has 0 aliphatic carbocycles. The van der Waals surface area contributed by atoms with Gasteiger partial charge >= 0.3 is 6.18 Å². The number of rotatable bonds is 1. The topological polar surface area (TPSA) is 68.8 Å². The van der Waals surface area contributed by atoms with Crippen molar-refractivity contribution in [3.05, 3.63) is 35.9 Å². The van der Waals surface area contributed by atoms with Crippen molar-refractivity contribution in [1.29, 1.82) is 0 Å². The van der Waals surface area contributed by atoms with Crippen LogP contribution < -0.4 is 11.1 Å². The highest BCUT2D eigenvalue weighted by Crippen LogP contribution is 2.42.